The quantitative estimate of drug-likeness (QED) is 0.798. The van der Waals surface area contributed by atoms with Gasteiger partial charge in [0, 0.05) is 32.3 Å². The third-order valence-electron chi connectivity index (χ3n) is 4.69. The van der Waals surface area contributed by atoms with Gasteiger partial charge >= 0.3 is 0 Å². The Morgan fingerprint density at radius 1 is 1.40 bits per heavy atom. The lowest BCUT2D eigenvalue weighted by molar-refractivity contribution is 0.0853. The Morgan fingerprint density at radius 2 is 2.20 bits per heavy atom. The lowest BCUT2D eigenvalue weighted by atomic mass is 10.2. The fraction of sp³-hybridized carbons (Fsp3) is 0.688. The van der Waals surface area contributed by atoms with Crippen molar-refractivity contribution in [1.82, 2.24) is 15.3 Å². The summed E-state index contributed by atoms with van der Waals surface area (Å²) in [4.78, 5) is 22.8. The minimum absolute atomic E-state index is 0.0673. The van der Waals surface area contributed by atoms with Gasteiger partial charge in [-0.15, -0.1) is 0 Å². The topological polar surface area (TPSA) is 101 Å². The number of ether oxygens (including phenoxy) is 1. The van der Waals surface area contributed by atoms with Gasteiger partial charge < -0.3 is 15.0 Å². The summed E-state index contributed by atoms with van der Waals surface area (Å²) in [5.74, 6) is 1.09. The molecule has 2 unspecified atom stereocenters. The Labute approximate surface area is 147 Å². The molecule has 2 saturated heterocycles. The van der Waals surface area contributed by atoms with Crippen molar-refractivity contribution >= 4 is 21.6 Å². The number of hydrogen-bond donors (Lipinski definition) is 1. The molecule has 0 aromatic carbocycles. The van der Waals surface area contributed by atoms with Crippen LogP contribution in [0.4, 0.5) is 5.82 Å². The average Bonchev–Trinajstić information content (AvgIpc) is 3.20. The Balaban J connectivity index is 1.70. The number of rotatable bonds is 5. The first-order valence-electron chi connectivity index (χ1n) is 8.53. The number of anilines is 1. The molecule has 2 fully saturated rings. The minimum Gasteiger partial charge on any atom is -0.376 e. The van der Waals surface area contributed by atoms with Crippen molar-refractivity contribution in [2.24, 2.45) is 0 Å². The van der Waals surface area contributed by atoms with E-state index >= 15 is 0 Å². The number of aromatic nitrogens is 2. The van der Waals surface area contributed by atoms with Crippen molar-refractivity contribution in [2.75, 3.05) is 36.6 Å². The summed E-state index contributed by atoms with van der Waals surface area (Å²) in [6.45, 7) is 2.93. The van der Waals surface area contributed by atoms with Gasteiger partial charge in [-0.25, -0.2) is 18.4 Å². The summed E-state index contributed by atoms with van der Waals surface area (Å²) in [6.07, 6.45) is 2.61. The second kappa shape index (κ2) is 7.25. The lowest BCUT2D eigenvalue weighted by Gasteiger charge is -2.25. The molecule has 1 aromatic rings. The highest BCUT2D eigenvalue weighted by Crippen LogP contribution is 2.22. The molecule has 0 spiro atoms. The zero-order valence-corrected chi connectivity index (χ0v) is 15.4. The number of carbonyl (C=O) groups is 1. The van der Waals surface area contributed by atoms with E-state index in [4.69, 9.17) is 4.74 Å². The predicted molar refractivity (Wildman–Crippen MR) is 93.5 cm³/mol. The first-order chi connectivity index (χ1) is 11.8. The summed E-state index contributed by atoms with van der Waals surface area (Å²) >= 11 is 0. The van der Waals surface area contributed by atoms with Crippen LogP contribution < -0.4 is 10.2 Å². The van der Waals surface area contributed by atoms with Crippen molar-refractivity contribution in [1.29, 1.82) is 0 Å². The van der Waals surface area contributed by atoms with Crippen LogP contribution in [0.25, 0.3) is 0 Å². The Hall–Kier alpha value is -1.74. The third kappa shape index (κ3) is 4.46. The van der Waals surface area contributed by atoms with Crippen molar-refractivity contribution < 1.29 is 17.9 Å². The van der Waals surface area contributed by atoms with Crippen LogP contribution in [0, 0.1) is 6.92 Å². The van der Waals surface area contributed by atoms with Crippen molar-refractivity contribution in [3.63, 3.8) is 0 Å². The van der Waals surface area contributed by atoms with Crippen LogP contribution >= 0.6 is 0 Å². The van der Waals surface area contributed by atoms with Gasteiger partial charge in [-0.2, -0.15) is 0 Å². The lowest BCUT2D eigenvalue weighted by Crippen LogP contribution is -2.35. The standard InChI is InChI=1S/C16H24N4O4S/c1-11-18-14(16(21)17-9-13-4-3-6-24-13)8-15(19-11)20(2)12-5-7-25(22,23)10-12/h8,12-13H,3-7,9-10H2,1-2H3,(H,17,21). The predicted octanol–water partition coefficient (Wildman–Crippen LogP) is 0.317. The number of nitrogens with one attached hydrogen (secondary N) is 1. The number of hydrogen-bond acceptors (Lipinski definition) is 7. The molecular formula is C16H24N4O4S. The van der Waals surface area contributed by atoms with Crippen LogP contribution in [-0.4, -0.2) is 68.1 Å². The fourth-order valence-corrected chi connectivity index (χ4v) is 4.99. The van der Waals surface area contributed by atoms with E-state index in [2.05, 4.69) is 15.3 Å². The SMILES string of the molecule is Cc1nc(C(=O)NCC2CCCO2)cc(N(C)C2CCS(=O)(=O)C2)n1. The molecule has 0 bridgehead atoms. The average molecular weight is 368 g/mol. The molecule has 1 amide bonds. The maximum absolute atomic E-state index is 12.4. The largest absolute Gasteiger partial charge is 0.376 e. The highest BCUT2D eigenvalue weighted by Gasteiger charge is 2.31. The number of carbonyl (C=O) groups excluding carboxylic acids is 1. The normalized spacial score (nSPS) is 25.0. The van der Waals surface area contributed by atoms with E-state index in [1.54, 1.807) is 20.0 Å². The fourth-order valence-electron chi connectivity index (χ4n) is 3.22. The van der Waals surface area contributed by atoms with E-state index in [1.807, 2.05) is 4.90 Å². The maximum atomic E-state index is 12.4. The molecule has 25 heavy (non-hydrogen) atoms. The van der Waals surface area contributed by atoms with E-state index in [1.165, 1.54) is 0 Å². The second-order valence-electron chi connectivity index (χ2n) is 6.67. The van der Waals surface area contributed by atoms with Gasteiger partial charge in [0.2, 0.25) is 0 Å². The van der Waals surface area contributed by atoms with E-state index in [0.29, 0.717) is 24.6 Å². The summed E-state index contributed by atoms with van der Waals surface area (Å²) in [7, 11) is -1.17. The zero-order chi connectivity index (χ0) is 18.0. The Kier molecular flexibility index (Phi) is 5.24. The van der Waals surface area contributed by atoms with Crippen LogP contribution in [0.3, 0.4) is 0 Å². The van der Waals surface area contributed by atoms with Crippen LogP contribution in [-0.2, 0) is 14.6 Å². The van der Waals surface area contributed by atoms with Gasteiger partial charge in [0.1, 0.15) is 17.3 Å². The second-order valence-corrected chi connectivity index (χ2v) is 8.90. The van der Waals surface area contributed by atoms with E-state index in [9.17, 15) is 13.2 Å². The molecule has 2 aliphatic rings. The highest BCUT2D eigenvalue weighted by molar-refractivity contribution is 7.91. The van der Waals surface area contributed by atoms with Crippen molar-refractivity contribution in [3.05, 3.63) is 17.6 Å². The maximum Gasteiger partial charge on any atom is 0.270 e. The minimum atomic E-state index is -2.98. The molecule has 3 rings (SSSR count). The van der Waals surface area contributed by atoms with E-state index in [0.717, 1.165) is 19.4 Å². The molecule has 0 radical (unpaired) electrons. The molecule has 2 aliphatic heterocycles. The summed E-state index contributed by atoms with van der Waals surface area (Å²) in [5, 5.41) is 2.85. The highest BCUT2D eigenvalue weighted by atomic mass is 32.2. The van der Waals surface area contributed by atoms with Crippen LogP contribution in [0.1, 0.15) is 35.6 Å². The van der Waals surface area contributed by atoms with E-state index < -0.39 is 9.84 Å². The molecule has 1 aromatic heterocycles. The van der Waals surface area contributed by atoms with Gasteiger partial charge in [0.05, 0.1) is 17.6 Å². The van der Waals surface area contributed by atoms with Gasteiger partial charge in [0.25, 0.3) is 5.91 Å². The molecule has 9 heteroatoms. The number of nitrogens with zero attached hydrogens (tertiary/aromatic N) is 3. The summed E-state index contributed by atoms with van der Waals surface area (Å²) in [5.41, 5.74) is 0.285. The smallest absolute Gasteiger partial charge is 0.270 e. The zero-order valence-electron chi connectivity index (χ0n) is 14.6. The molecule has 0 saturated carbocycles. The molecule has 138 valence electrons. The molecular weight excluding hydrogens is 344 g/mol. The number of aryl methyl sites for hydroxylation is 1. The van der Waals surface area contributed by atoms with Gasteiger partial charge in [0.15, 0.2) is 9.84 Å². The summed E-state index contributed by atoms with van der Waals surface area (Å²) < 4.78 is 28.9. The van der Waals surface area contributed by atoms with Gasteiger partial charge in [-0.3, -0.25) is 4.79 Å². The summed E-state index contributed by atoms with van der Waals surface area (Å²) in [6, 6.07) is 1.49. The molecule has 1 N–H and O–H groups in total. The van der Waals surface area contributed by atoms with Crippen LogP contribution in [0.2, 0.25) is 0 Å². The molecule has 0 aliphatic carbocycles. The molecule has 3 heterocycles. The Morgan fingerprint density at radius 3 is 2.84 bits per heavy atom. The van der Waals surface area contributed by atoms with Gasteiger partial charge in [-0.05, 0) is 26.2 Å². The van der Waals surface area contributed by atoms with E-state index in [-0.39, 0.29) is 35.3 Å². The first-order valence-corrected chi connectivity index (χ1v) is 10.3. The van der Waals surface area contributed by atoms with Crippen LogP contribution in [0.15, 0.2) is 6.07 Å². The number of amides is 1. The number of sulfone groups is 1. The van der Waals surface area contributed by atoms with Gasteiger partial charge in [-0.1, -0.05) is 0 Å². The molecule has 2 atom stereocenters. The monoisotopic (exact) mass is 368 g/mol. The van der Waals surface area contributed by atoms with Crippen molar-refractivity contribution in [2.45, 2.75) is 38.3 Å². The van der Waals surface area contributed by atoms with Crippen LogP contribution in [0.5, 0.6) is 0 Å². The Bertz CT molecular complexity index is 747. The molecule has 8 nitrogen and oxygen atoms in total. The van der Waals surface area contributed by atoms with Crippen molar-refractivity contribution in [3.8, 4) is 0 Å². The third-order valence-corrected chi connectivity index (χ3v) is 6.44. The first kappa shape index (κ1) is 18.1.